The van der Waals surface area contributed by atoms with Crippen molar-refractivity contribution < 1.29 is 14.0 Å². The molecule has 0 saturated carbocycles. The van der Waals surface area contributed by atoms with Crippen LogP contribution in [0.3, 0.4) is 0 Å². The lowest BCUT2D eigenvalue weighted by molar-refractivity contribution is -0.117. The third kappa shape index (κ3) is 5.84. The van der Waals surface area contributed by atoms with Gasteiger partial charge in [0.15, 0.2) is 0 Å². The molecule has 0 radical (unpaired) electrons. The number of rotatable bonds is 4. The smallest absolute Gasteiger partial charge is 0.244 e. The number of amides is 2. The molecular weight excluding hydrogens is 511 g/mol. The van der Waals surface area contributed by atoms with Gasteiger partial charge in [-0.1, -0.05) is 23.8 Å². The first-order valence-electron chi connectivity index (χ1n) is 11.8. The highest BCUT2D eigenvalue weighted by Gasteiger charge is 2.19. The predicted molar refractivity (Wildman–Crippen MR) is 140 cm³/mol. The van der Waals surface area contributed by atoms with Crippen LogP contribution in [0.4, 0.5) is 10.1 Å². The Hall–Kier alpha value is -4.64. The molecule has 3 heterocycles. The van der Waals surface area contributed by atoms with E-state index in [1.54, 1.807) is 30.5 Å². The summed E-state index contributed by atoms with van der Waals surface area (Å²) in [7, 11) is 0. The maximum Gasteiger partial charge on any atom is 0.244 e. The second-order valence-corrected chi connectivity index (χ2v) is 8.95. The Balaban J connectivity index is 1.41. The quantitative estimate of drug-likeness (QED) is 0.264. The largest absolute Gasteiger partial charge is 0.342 e. The number of hydrogen-bond acceptors (Lipinski definition) is 6. The molecule has 2 bridgehead atoms. The van der Waals surface area contributed by atoms with Crippen LogP contribution >= 0.6 is 11.6 Å². The SMILES string of the molecule is O=C(/C=C/c1cc(Cl)ccc1-n1cnnn1)N[C@H]1C/C=C\CCC(=O)Nc2ccc(F)cc2-c2cnc1[nH]2. The fourth-order valence-electron chi connectivity index (χ4n) is 4.04. The molecule has 1 aliphatic heterocycles. The topological polar surface area (TPSA) is 130 Å². The lowest BCUT2D eigenvalue weighted by Crippen LogP contribution is -2.27. The highest BCUT2D eigenvalue weighted by molar-refractivity contribution is 6.30. The lowest BCUT2D eigenvalue weighted by Gasteiger charge is -2.14. The number of nitrogens with one attached hydrogen (secondary N) is 3. The number of aromatic nitrogens is 6. The molecule has 2 amide bonds. The van der Waals surface area contributed by atoms with Gasteiger partial charge >= 0.3 is 0 Å². The van der Waals surface area contributed by atoms with E-state index in [-0.39, 0.29) is 18.2 Å². The molecule has 1 atom stereocenters. The van der Waals surface area contributed by atoms with E-state index < -0.39 is 11.9 Å². The summed E-state index contributed by atoms with van der Waals surface area (Å²) >= 11 is 6.16. The third-order valence-electron chi connectivity index (χ3n) is 5.86. The number of fused-ring (bicyclic) bond motifs is 4. The van der Waals surface area contributed by atoms with Crippen LogP contribution in [0.5, 0.6) is 0 Å². The average molecular weight is 533 g/mol. The van der Waals surface area contributed by atoms with Crippen molar-refractivity contribution in [2.75, 3.05) is 5.32 Å². The van der Waals surface area contributed by atoms with E-state index in [0.29, 0.717) is 51.9 Å². The van der Waals surface area contributed by atoms with Gasteiger partial charge in [0.1, 0.15) is 18.0 Å². The Morgan fingerprint density at radius 3 is 2.95 bits per heavy atom. The number of tetrazole rings is 1. The van der Waals surface area contributed by atoms with Crippen LogP contribution < -0.4 is 10.6 Å². The number of nitrogens with zero attached hydrogens (tertiary/aromatic N) is 5. The van der Waals surface area contributed by atoms with Crippen molar-refractivity contribution in [2.24, 2.45) is 0 Å². The maximum atomic E-state index is 14.1. The Labute approximate surface area is 221 Å². The zero-order valence-electron chi connectivity index (χ0n) is 19.9. The molecule has 12 heteroatoms. The summed E-state index contributed by atoms with van der Waals surface area (Å²) in [6, 6.07) is 8.79. The molecule has 38 heavy (non-hydrogen) atoms. The molecule has 5 rings (SSSR count). The van der Waals surface area contributed by atoms with Crippen LogP contribution in [0.25, 0.3) is 23.0 Å². The third-order valence-corrected chi connectivity index (χ3v) is 6.10. The second-order valence-electron chi connectivity index (χ2n) is 8.52. The monoisotopic (exact) mass is 532 g/mol. The number of hydrogen-bond donors (Lipinski definition) is 3. The van der Waals surface area contributed by atoms with E-state index in [1.807, 2.05) is 12.2 Å². The number of anilines is 1. The molecule has 0 unspecified atom stereocenters. The summed E-state index contributed by atoms with van der Waals surface area (Å²) in [6.45, 7) is 0. The van der Waals surface area contributed by atoms with Crippen molar-refractivity contribution in [3.8, 4) is 16.9 Å². The van der Waals surface area contributed by atoms with Crippen molar-refractivity contribution in [3.63, 3.8) is 0 Å². The van der Waals surface area contributed by atoms with Crippen molar-refractivity contribution in [1.82, 2.24) is 35.5 Å². The number of H-pyrrole nitrogens is 1. The standard InChI is InChI=1S/C26H22ClFN8O2/c27-17-7-10-23(36-15-30-34-35-36)16(12-17)6-11-25(38)32-21-4-2-1-3-5-24(37)31-20-9-8-18(28)13-19(20)22-14-29-26(21)33-22/h1-2,6-15,21H,3-5H2,(H,29,33)(H,31,37)(H,32,38)/b2-1-,11-6+/t21-/m0/s1. The van der Waals surface area contributed by atoms with E-state index in [1.165, 1.54) is 35.3 Å². The predicted octanol–water partition coefficient (Wildman–Crippen LogP) is 4.39. The molecule has 0 fully saturated rings. The van der Waals surface area contributed by atoms with E-state index >= 15 is 0 Å². The van der Waals surface area contributed by atoms with Gasteiger partial charge in [0.05, 0.1) is 29.3 Å². The summed E-state index contributed by atoms with van der Waals surface area (Å²) in [5.74, 6) is -0.503. The van der Waals surface area contributed by atoms with Crippen molar-refractivity contribution in [3.05, 3.63) is 89.4 Å². The Bertz CT molecular complexity index is 1530. The van der Waals surface area contributed by atoms with Gasteiger partial charge < -0.3 is 15.6 Å². The molecule has 0 spiro atoms. The highest BCUT2D eigenvalue weighted by atomic mass is 35.5. The van der Waals surface area contributed by atoms with Crippen LogP contribution in [0.2, 0.25) is 5.02 Å². The first-order chi connectivity index (χ1) is 18.5. The van der Waals surface area contributed by atoms with Gasteiger partial charge in [-0.05, 0) is 65.7 Å². The van der Waals surface area contributed by atoms with Crippen LogP contribution in [0, 0.1) is 5.82 Å². The molecule has 0 saturated heterocycles. The zero-order valence-corrected chi connectivity index (χ0v) is 20.7. The average Bonchev–Trinajstić information content (AvgIpc) is 3.60. The van der Waals surface area contributed by atoms with Crippen molar-refractivity contribution in [1.29, 1.82) is 0 Å². The molecule has 2 aromatic carbocycles. The highest BCUT2D eigenvalue weighted by Crippen LogP contribution is 2.30. The van der Waals surface area contributed by atoms with Gasteiger partial charge in [0.2, 0.25) is 11.8 Å². The van der Waals surface area contributed by atoms with Gasteiger partial charge in [0.25, 0.3) is 0 Å². The second kappa shape index (κ2) is 11.2. The molecular formula is C26H22ClFN8O2. The number of carbonyl (C=O) groups excluding carboxylic acids is 2. The molecule has 10 nitrogen and oxygen atoms in total. The molecule has 1 aliphatic rings. The number of carbonyl (C=O) groups is 2. The number of halogens is 2. The molecule has 192 valence electrons. The number of benzene rings is 2. The zero-order chi connectivity index (χ0) is 26.5. The molecule has 4 aromatic rings. The van der Waals surface area contributed by atoms with Crippen LogP contribution in [-0.2, 0) is 9.59 Å². The van der Waals surface area contributed by atoms with Gasteiger partial charge in [-0.3, -0.25) is 9.59 Å². The summed E-state index contributed by atoms with van der Waals surface area (Å²) in [4.78, 5) is 32.9. The van der Waals surface area contributed by atoms with Crippen molar-refractivity contribution >= 4 is 35.2 Å². The van der Waals surface area contributed by atoms with E-state index in [0.717, 1.165) is 0 Å². The molecule has 2 aromatic heterocycles. The Morgan fingerprint density at radius 1 is 1.21 bits per heavy atom. The minimum atomic E-state index is -0.503. The first kappa shape index (κ1) is 25.0. The first-order valence-corrected chi connectivity index (χ1v) is 12.2. The van der Waals surface area contributed by atoms with E-state index in [4.69, 9.17) is 11.6 Å². The minimum Gasteiger partial charge on any atom is -0.342 e. The van der Waals surface area contributed by atoms with Crippen LogP contribution in [-0.4, -0.2) is 42.0 Å². The van der Waals surface area contributed by atoms with Gasteiger partial charge in [-0.15, -0.1) is 5.10 Å². The molecule has 3 N–H and O–H groups in total. The fraction of sp³-hybridized carbons (Fsp3) is 0.154. The van der Waals surface area contributed by atoms with Crippen LogP contribution in [0.1, 0.15) is 36.7 Å². The minimum absolute atomic E-state index is 0.182. The van der Waals surface area contributed by atoms with Gasteiger partial charge in [0, 0.05) is 28.6 Å². The van der Waals surface area contributed by atoms with Gasteiger partial charge in [-0.2, -0.15) is 4.68 Å². The van der Waals surface area contributed by atoms with E-state index in [9.17, 15) is 14.0 Å². The van der Waals surface area contributed by atoms with Crippen LogP contribution in [0.15, 0.2) is 67.2 Å². The fourth-order valence-corrected chi connectivity index (χ4v) is 4.22. The van der Waals surface area contributed by atoms with Gasteiger partial charge in [-0.25, -0.2) is 9.37 Å². The number of allylic oxidation sites excluding steroid dienone is 1. The number of imidazole rings is 1. The molecule has 0 aliphatic carbocycles. The normalized spacial score (nSPS) is 16.6. The Kier molecular flexibility index (Phi) is 7.36. The summed E-state index contributed by atoms with van der Waals surface area (Å²) < 4.78 is 15.5. The van der Waals surface area contributed by atoms with E-state index in [2.05, 4.69) is 36.1 Å². The summed E-state index contributed by atoms with van der Waals surface area (Å²) in [5, 5.41) is 17.5. The Morgan fingerprint density at radius 2 is 2.11 bits per heavy atom. The lowest BCUT2D eigenvalue weighted by atomic mass is 10.1. The summed E-state index contributed by atoms with van der Waals surface area (Å²) in [5.41, 5.74) is 2.74. The number of aromatic amines is 1. The maximum absolute atomic E-state index is 14.1. The van der Waals surface area contributed by atoms with Crippen molar-refractivity contribution in [2.45, 2.75) is 25.3 Å². The summed E-state index contributed by atoms with van der Waals surface area (Å²) in [6.07, 6.45) is 11.0.